The zero-order chi connectivity index (χ0) is 13.0. The Morgan fingerprint density at radius 3 is 2.72 bits per heavy atom. The van der Waals surface area contributed by atoms with Crippen molar-refractivity contribution in [2.24, 2.45) is 0 Å². The highest BCUT2D eigenvalue weighted by Crippen LogP contribution is 2.24. The monoisotopic (exact) mass is 245 g/mol. The molecule has 0 bridgehead atoms. The second-order valence-corrected chi connectivity index (χ2v) is 4.76. The van der Waals surface area contributed by atoms with Gasteiger partial charge in [0.15, 0.2) is 0 Å². The van der Waals surface area contributed by atoms with Crippen LogP contribution in [0.2, 0.25) is 0 Å². The van der Waals surface area contributed by atoms with Crippen LogP contribution in [-0.4, -0.2) is 36.1 Å². The van der Waals surface area contributed by atoms with Crippen molar-refractivity contribution in [2.45, 2.75) is 37.8 Å². The standard InChI is InChI=1S/C13H19N5/c1-15-10-3-5-12(6-4-10)18(2)13-16-8-7-11(9-14)17-13/h7-8,10,12,15H,3-6H2,1-2H3. The fourth-order valence-corrected chi connectivity index (χ4v) is 2.50. The van der Waals surface area contributed by atoms with Crippen molar-refractivity contribution < 1.29 is 0 Å². The lowest BCUT2D eigenvalue weighted by atomic mass is 9.90. The summed E-state index contributed by atoms with van der Waals surface area (Å²) >= 11 is 0. The molecule has 0 aliphatic heterocycles. The van der Waals surface area contributed by atoms with Gasteiger partial charge in [0.2, 0.25) is 5.95 Å². The van der Waals surface area contributed by atoms with E-state index < -0.39 is 0 Å². The maximum Gasteiger partial charge on any atom is 0.226 e. The lowest BCUT2D eigenvalue weighted by Crippen LogP contribution is -2.40. The molecule has 1 aliphatic carbocycles. The van der Waals surface area contributed by atoms with E-state index in [2.05, 4.69) is 26.3 Å². The van der Waals surface area contributed by atoms with Crippen LogP contribution in [0.4, 0.5) is 5.95 Å². The van der Waals surface area contributed by atoms with E-state index in [9.17, 15) is 0 Å². The fraction of sp³-hybridized carbons (Fsp3) is 0.615. The van der Waals surface area contributed by atoms with Gasteiger partial charge in [0, 0.05) is 25.3 Å². The quantitative estimate of drug-likeness (QED) is 0.870. The number of hydrogen-bond donors (Lipinski definition) is 1. The molecule has 1 fully saturated rings. The molecule has 1 N–H and O–H groups in total. The Balaban J connectivity index is 2.03. The van der Waals surface area contributed by atoms with Crippen LogP contribution in [0.5, 0.6) is 0 Å². The number of nitrogens with one attached hydrogen (secondary N) is 1. The van der Waals surface area contributed by atoms with Gasteiger partial charge in [0.1, 0.15) is 11.8 Å². The molecule has 1 aliphatic rings. The summed E-state index contributed by atoms with van der Waals surface area (Å²) in [4.78, 5) is 10.6. The topological polar surface area (TPSA) is 64.8 Å². The third kappa shape index (κ3) is 2.77. The zero-order valence-corrected chi connectivity index (χ0v) is 10.9. The summed E-state index contributed by atoms with van der Waals surface area (Å²) in [6.45, 7) is 0. The van der Waals surface area contributed by atoms with Crippen LogP contribution in [0.1, 0.15) is 31.4 Å². The molecule has 1 aromatic rings. The molecule has 5 nitrogen and oxygen atoms in total. The van der Waals surface area contributed by atoms with Crippen molar-refractivity contribution in [2.75, 3.05) is 19.0 Å². The Labute approximate surface area is 108 Å². The van der Waals surface area contributed by atoms with Gasteiger partial charge in [-0.1, -0.05) is 0 Å². The average molecular weight is 245 g/mol. The summed E-state index contributed by atoms with van der Waals surface area (Å²) in [6, 6.07) is 4.80. The SMILES string of the molecule is CNC1CCC(N(C)c2nccc(C#N)n2)CC1. The molecule has 1 heterocycles. The average Bonchev–Trinajstić information content (AvgIpc) is 2.46. The highest BCUT2D eigenvalue weighted by Gasteiger charge is 2.24. The summed E-state index contributed by atoms with van der Waals surface area (Å²) in [5.41, 5.74) is 0.427. The third-order valence-electron chi connectivity index (χ3n) is 3.73. The van der Waals surface area contributed by atoms with Crippen LogP contribution >= 0.6 is 0 Å². The van der Waals surface area contributed by atoms with Gasteiger partial charge in [0.25, 0.3) is 0 Å². The maximum atomic E-state index is 8.85. The van der Waals surface area contributed by atoms with Gasteiger partial charge in [-0.25, -0.2) is 9.97 Å². The van der Waals surface area contributed by atoms with Gasteiger partial charge in [-0.15, -0.1) is 0 Å². The minimum absolute atomic E-state index is 0.427. The van der Waals surface area contributed by atoms with Crippen molar-refractivity contribution in [3.8, 4) is 6.07 Å². The molecule has 1 saturated carbocycles. The van der Waals surface area contributed by atoms with Crippen LogP contribution in [0.25, 0.3) is 0 Å². The molecule has 1 aromatic heterocycles. The molecule has 18 heavy (non-hydrogen) atoms. The highest BCUT2D eigenvalue weighted by atomic mass is 15.3. The van der Waals surface area contributed by atoms with Crippen LogP contribution in [0.15, 0.2) is 12.3 Å². The first kappa shape index (κ1) is 12.8. The molecular weight excluding hydrogens is 226 g/mol. The summed E-state index contributed by atoms with van der Waals surface area (Å²) in [5, 5.41) is 12.2. The Kier molecular flexibility index (Phi) is 4.11. The van der Waals surface area contributed by atoms with Gasteiger partial charge >= 0.3 is 0 Å². The minimum Gasteiger partial charge on any atom is -0.341 e. The smallest absolute Gasteiger partial charge is 0.226 e. The second-order valence-electron chi connectivity index (χ2n) is 4.76. The van der Waals surface area contributed by atoms with Crippen molar-refractivity contribution in [3.63, 3.8) is 0 Å². The third-order valence-corrected chi connectivity index (χ3v) is 3.73. The number of aromatic nitrogens is 2. The maximum absolute atomic E-state index is 8.85. The van der Waals surface area contributed by atoms with Gasteiger partial charge in [-0.3, -0.25) is 0 Å². The van der Waals surface area contributed by atoms with E-state index in [-0.39, 0.29) is 0 Å². The van der Waals surface area contributed by atoms with E-state index in [0.29, 0.717) is 23.7 Å². The Hall–Kier alpha value is -1.67. The van der Waals surface area contributed by atoms with Crippen LogP contribution in [0.3, 0.4) is 0 Å². The van der Waals surface area contributed by atoms with E-state index in [4.69, 9.17) is 5.26 Å². The molecule has 0 unspecified atom stereocenters. The first-order valence-corrected chi connectivity index (χ1v) is 6.38. The summed E-state index contributed by atoms with van der Waals surface area (Å²) in [5.74, 6) is 0.655. The molecule has 96 valence electrons. The van der Waals surface area contributed by atoms with Crippen LogP contribution < -0.4 is 10.2 Å². The predicted octanol–water partition coefficient (Wildman–Crippen LogP) is 1.32. The van der Waals surface area contributed by atoms with Crippen molar-refractivity contribution in [1.29, 1.82) is 5.26 Å². The summed E-state index contributed by atoms with van der Waals surface area (Å²) in [7, 11) is 4.04. The second kappa shape index (κ2) is 5.78. The van der Waals surface area contributed by atoms with Crippen molar-refractivity contribution >= 4 is 5.95 Å². The predicted molar refractivity (Wildman–Crippen MR) is 70.3 cm³/mol. The lowest BCUT2D eigenvalue weighted by molar-refractivity contribution is 0.349. The first-order chi connectivity index (χ1) is 8.74. The number of hydrogen-bond acceptors (Lipinski definition) is 5. The molecule has 0 atom stereocenters. The van der Waals surface area contributed by atoms with E-state index in [1.807, 2.05) is 14.1 Å². The van der Waals surface area contributed by atoms with Crippen LogP contribution in [0, 0.1) is 11.3 Å². The zero-order valence-electron chi connectivity index (χ0n) is 10.9. The summed E-state index contributed by atoms with van der Waals surface area (Å²) in [6.07, 6.45) is 6.30. The normalized spacial score (nSPS) is 23.4. The summed E-state index contributed by atoms with van der Waals surface area (Å²) < 4.78 is 0. The Bertz CT molecular complexity index is 431. The molecule has 0 spiro atoms. The Morgan fingerprint density at radius 2 is 2.11 bits per heavy atom. The van der Waals surface area contributed by atoms with Gasteiger partial charge in [-0.2, -0.15) is 5.26 Å². The van der Waals surface area contributed by atoms with Gasteiger partial charge in [-0.05, 0) is 38.8 Å². The fourth-order valence-electron chi connectivity index (χ4n) is 2.50. The van der Waals surface area contributed by atoms with Crippen molar-refractivity contribution in [1.82, 2.24) is 15.3 Å². The Morgan fingerprint density at radius 1 is 1.39 bits per heavy atom. The molecule has 0 aromatic carbocycles. The van der Waals surface area contributed by atoms with E-state index in [0.717, 1.165) is 12.8 Å². The highest BCUT2D eigenvalue weighted by molar-refractivity contribution is 5.34. The molecule has 0 amide bonds. The van der Waals surface area contributed by atoms with Gasteiger partial charge in [0.05, 0.1) is 0 Å². The van der Waals surface area contributed by atoms with E-state index >= 15 is 0 Å². The van der Waals surface area contributed by atoms with Gasteiger partial charge < -0.3 is 10.2 Å². The first-order valence-electron chi connectivity index (χ1n) is 6.38. The van der Waals surface area contributed by atoms with Crippen molar-refractivity contribution in [3.05, 3.63) is 18.0 Å². The van der Waals surface area contributed by atoms with E-state index in [1.165, 1.54) is 12.8 Å². The molecule has 0 radical (unpaired) electrons. The molecule has 2 rings (SSSR count). The molecule has 5 heteroatoms. The number of nitriles is 1. The van der Waals surface area contributed by atoms with E-state index in [1.54, 1.807) is 12.3 Å². The molecule has 0 saturated heterocycles. The van der Waals surface area contributed by atoms with Crippen LogP contribution in [-0.2, 0) is 0 Å². The number of anilines is 1. The lowest BCUT2D eigenvalue weighted by Gasteiger charge is -2.34. The number of nitrogens with zero attached hydrogens (tertiary/aromatic N) is 4. The molecular formula is C13H19N5. The minimum atomic E-state index is 0.427. The number of rotatable bonds is 3. The largest absolute Gasteiger partial charge is 0.341 e.